The zero-order valence-corrected chi connectivity index (χ0v) is 12.2. The van der Waals surface area contributed by atoms with Crippen LogP contribution in [-0.4, -0.2) is 28.7 Å². The molecule has 1 aromatic carbocycles. The second kappa shape index (κ2) is 6.53. The van der Waals surface area contributed by atoms with Gasteiger partial charge in [0.05, 0.1) is 5.60 Å². The van der Waals surface area contributed by atoms with Gasteiger partial charge in [-0.15, -0.1) is 0 Å². The Hall–Kier alpha value is -0.610. The molecule has 4 heteroatoms. The summed E-state index contributed by atoms with van der Waals surface area (Å²) >= 11 is 6.24. The van der Waals surface area contributed by atoms with Gasteiger partial charge in [0, 0.05) is 24.7 Å². The fourth-order valence-electron chi connectivity index (χ4n) is 1.91. The third-order valence-corrected chi connectivity index (χ3v) is 3.16. The molecule has 0 unspecified atom stereocenters. The smallest absolute Gasteiger partial charge is 0.0718 e. The Bertz CT molecular complexity index is 388. The molecule has 0 fully saturated rings. The number of aliphatic hydroxyl groups is 1. The van der Waals surface area contributed by atoms with E-state index in [1.807, 2.05) is 32.0 Å². The van der Waals surface area contributed by atoms with Crippen molar-refractivity contribution in [3.8, 4) is 0 Å². The van der Waals surface area contributed by atoms with Crippen LogP contribution in [0, 0.1) is 0 Å². The lowest BCUT2D eigenvalue weighted by molar-refractivity contribution is 0.0353. The van der Waals surface area contributed by atoms with Gasteiger partial charge in [0.2, 0.25) is 0 Å². The van der Waals surface area contributed by atoms with Crippen molar-refractivity contribution >= 4 is 11.6 Å². The molecule has 0 aliphatic rings. The molecule has 3 N–H and O–H groups in total. The van der Waals surface area contributed by atoms with Gasteiger partial charge in [0.15, 0.2) is 0 Å². The molecule has 1 aromatic rings. The maximum absolute atomic E-state index is 9.86. The summed E-state index contributed by atoms with van der Waals surface area (Å²) in [5.74, 6) is 0. The zero-order chi connectivity index (χ0) is 13.8. The SMILES string of the molecule is CCN(Cc1ccc(CN)cc1Cl)CC(C)(C)O. The lowest BCUT2D eigenvalue weighted by atomic mass is 10.1. The van der Waals surface area contributed by atoms with Gasteiger partial charge in [0.1, 0.15) is 0 Å². The second-order valence-electron chi connectivity index (χ2n) is 5.25. The predicted octanol–water partition coefficient (Wildman–Crippen LogP) is 2.39. The number of halogens is 1. The molecule has 1 rings (SSSR count). The Morgan fingerprint density at radius 1 is 1.39 bits per heavy atom. The lowest BCUT2D eigenvalue weighted by Crippen LogP contribution is -2.38. The summed E-state index contributed by atoms with van der Waals surface area (Å²) in [5.41, 5.74) is 6.99. The molecule has 0 amide bonds. The predicted molar refractivity (Wildman–Crippen MR) is 76.6 cm³/mol. The first-order valence-electron chi connectivity index (χ1n) is 6.28. The van der Waals surface area contributed by atoms with Crippen LogP contribution in [0.2, 0.25) is 5.02 Å². The summed E-state index contributed by atoms with van der Waals surface area (Å²) in [7, 11) is 0. The van der Waals surface area contributed by atoms with Gasteiger partial charge in [-0.25, -0.2) is 0 Å². The molecular formula is C14H23ClN2O. The zero-order valence-electron chi connectivity index (χ0n) is 11.4. The largest absolute Gasteiger partial charge is 0.389 e. The summed E-state index contributed by atoms with van der Waals surface area (Å²) in [6.07, 6.45) is 0. The van der Waals surface area contributed by atoms with Crippen molar-refractivity contribution in [2.75, 3.05) is 13.1 Å². The van der Waals surface area contributed by atoms with Crippen LogP contribution in [0.3, 0.4) is 0 Å². The first kappa shape index (κ1) is 15.4. The highest BCUT2D eigenvalue weighted by Crippen LogP contribution is 2.20. The van der Waals surface area contributed by atoms with Crippen molar-refractivity contribution in [1.82, 2.24) is 4.90 Å². The van der Waals surface area contributed by atoms with Crippen LogP contribution >= 0.6 is 11.6 Å². The summed E-state index contributed by atoms with van der Waals surface area (Å²) in [4.78, 5) is 2.17. The number of nitrogens with two attached hydrogens (primary N) is 1. The van der Waals surface area contributed by atoms with Crippen LogP contribution in [0.15, 0.2) is 18.2 Å². The third kappa shape index (κ3) is 4.94. The fourth-order valence-corrected chi connectivity index (χ4v) is 2.18. The van der Waals surface area contributed by atoms with E-state index in [4.69, 9.17) is 17.3 Å². The van der Waals surface area contributed by atoms with Crippen molar-refractivity contribution in [3.05, 3.63) is 34.3 Å². The number of rotatable bonds is 6. The molecule has 0 aliphatic heterocycles. The van der Waals surface area contributed by atoms with Crippen molar-refractivity contribution in [2.45, 2.75) is 39.5 Å². The summed E-state index contributed by atoms with van der Waals surface area (Å²) in [6, 6.07) is 5.92. The molecule has 18 heavy (non-hydrogen) atoms. The molecule has 0 bridgehead atoms. The van der Waals surface area contributed by atoms with Gasteiger partial charge in [0.25, 0.3) is 0 Å². The minimum atomic E-state index is -0.695. The molecule has 0 aromatic heterocycles. The van der Waals surface area contributed by atoms with E-state index in [1.165, 1.54) is 0 Å². The van der Waals surface area contributed by atoms with Crippen LogP contribution in [0.25, 0.3) is 0 Å². The fraction of sp³-hybridized carbons (Fsp3) is 0.571. The summed E-state index contributed by atoms with van der Waals surface area (Å²) in [5, 5.41) is 10.6. The van der Waals surface area contributed by atoms with Crippen molar-refractivity contribution in [3.63, 3.8) is 0 Å². The van der Waals surface area contributed by atoms with E-state index >= 15 is 0 Å². The molecule has 0 aliphatic carbocycles. The Morgan fingerprint density at radius 2 is 2.06 bits per heavy atom. The van der Waals surface area contributed by atoms with Crippen LogP contribution in [0.1, 0.15) is 31.9 Å². The van der Waals surface area contributed by atoms with Crippen molar-refractivity contribution < 1.29 is 5.11 Å². The molecule has 0 saturated carbocycles. The van der Waals surface area contributed by atoms with E-state index in [0.29, 0.717) is 13.1 Å². The van der Waals surface area contributed by atoms with Crippen molar-refractivity contribution in [1.29, 1.82) is 0 Å². The van der Waals surface area contributed by atoms with Gasteiger partial charge < -0.3 is 10.8 Å². The number of nitrogens with zero attached hydrogens (tertiary/aromatic N) is 1. The molecular weight excluding hydrogens is 248 g/mol. The van der Waals surface area contributed by atoms with Crippen LogP contribution in [0.5, 0.6) is 0 Å². The highest BCUT2D eigenvalue weighted by molar-refractivity contribution is 6.31. The minimum Gasteiger partial charge on any atom is -0.389 e. The Morgan fingerprint density at radius 3 is 2.50 bits per heavy atom. The number of hydrogen-bond donors (Lipinski definition) is 2. The second-order valence-corrected chi connectivity index (χ2v) is 5.65. The maximum Gasteiger partial charge on any atom is 0.0718 e. The highest BCUT2D eigenvalue weighted by atomic mass is 35.5. The highest BCUT2D eigenvalue weighted by Gasteiger charge is 2.18. The number of benzene rings is 1. The molecule has 3 nitrogen and oxygen atoms in total. The first-order chi connectivity index (χ1) is 8.35. The topological polar surface area (TPSA) is 49.5 Å². The number of hydrogen-bond acceptors (Lipinski definition) is 3. The van der Waals surface area contributed by atoms with E-state index in [1.54, 1.807) is 0 Å². The lowest BCUT2D eigenvalue weighted by Gasteiger charge is -2.28. The van der Waals surface area contributed by atoms with Gasteiger partial charge in [-0.3, -0.25) is 4.90 Å². The molecule has 102 valence electrons. The van der Waals surface area contributed by atoms with Gasteiger partial charge in [-0.2, -0.15) is 0 Å². The summed E-state index contributed by atoms with van der Waals surface area (Å²) in [6.45, 7) is 8.44. The Balaban J connectivity index is 2.76. The average Bonchev–Trinajstić information content (AvgIpc) is 2.28. The standard InChI is InChI=1S/C14H23ClN2O/c1-4-17(10-14(2,3)18)9-12-6-5-11(8-16)7-13(12)15/h5-7,18H,4,8-10,16H2,1-3H3. The third-order valence-electron chi connectivity index (χ3n) is 2.80. The molecule has 0 saturated heterocycles. The van der Waals surface area contributed by atoms with Gasteiger partial charge >= 0.3 is 0 Å². The van der Waals surface area contributed by atoms with Crippen LogP contribution in [-0.2, 0) is 13.1 Å². The van der Waals surface area contributed by atoms with Crippen LogP contribution in [0.4, 0.5) is 0 Å². The Kier molecular flexibility index (Phi) is 5.60. The minimum absolute atomic E-state index is 0.501. The van der Waals surface area contributed by atoms with E-state index in [0.717, 1.165) is 29.2 Å². The average molecular weight is 271 g/mol. The molecule has 0 radical (unpaired) electrons. The van der Waals surface area contributed by atoms with E-state index in [2.05, 4.69) is 11.8 Å². The van der Waals surface area contributed by atoms with Crippen LogP contribution < -0.4 is 5.73 Å². The quantitative estimate of drug-likeness (QED) is 0.835. The summed E-state index contributed by atoms with van der Waals surface area (Å²) < 4.78 is 0. The van der Waals surface area contributed by atoms with Crippen molar-refractivity contribution in [2.24, 2.45) is 5.73 Å². The van der Waals surface area contributed by atoms with Gasteiger partial charge in [-0.1, -0.05) is 30.7 Å². The van der Waals surface area contributed by atoms with E-state index in [9.17, 15) is 5.11 Å². The molecule has 0 heterocycles. The maximum atomic E-state index is 9.86. The monoisotopic (exact) mass is 270 g/mol. The van der Waals surface area contributed by atoms with E-state index < -0.39 is 5.60 Å². The van der Waals surface area contributed by atoms with E-state index in [-0.39, 0.29) is 0 Å². The number of likely N-dealkylation sites (N-methyl/N-ethyl adjacent to an activating group) is 1. The normalized spacial score (nSPS) is 12.2. The van der Waals surface area contributed by atoms with Gasteiger partial charge in [-0.05, 0) is 37.6 Å². The molecule has 0 spiro atoms. The first-order valence-corrected chi connectivity index (χ1v) is 6.65. The Labute approximate surface area is 115 Å². The molecule has 0 atom stereocenters.